The van der Waals surface area contributed by atoms with E-state index >= 15 is 0 Å². The molecule has 7 nitrogen and oxygen atoms in total. The zero-order valence-corrected chi connectivity index (χ0v) is 15.9. The first-order chi connectivity index (χ1) is 13.0. The molecule has 0 saturated carbocycles. The Morgan fingerprint density at radius 2 is 1.68 bits per heavy atom. The maximum absolute atomic E-state index is 13.0. The first-order valence-electron chi connectivity index (χ1n) is 8.75. The molecule has 1 saturated heterocycles. The van der Waals surface area contributed by atoms with Gasteiger partial charge in [-0.3, -0.25) is 9.59 Å². The minimum atomic E-state index is -4.58. The molecular weight excluding hydrogens is 377 g/mol. The summed E-state index contributed by atoms with van der Waals surface area (Å²) < 4.78 is 39.0. The lowest BCUT2D eigenvalue weighted by Gasteiger charge is -2.33. The van der Waals surface area contributed by atoms with Crippen LogP contribution in [0.15, 0.2) is 18.2 Å². The number of amides is 4. The van der Waals surface area contributed by atoms with Crippen molar-refractivity contribution in [2.24, 2.45) is 5.92 Å². The Hall–Kier alpha value is -2.78. The van der Waals surface area contributed by atoms with Crippen molar-refractivity contribution >= 4 is 29.2 Å². The zero-order valence-electron chi connectivity index (χ0n) is 15.9. The lowest BCUT2D eigenvalue weighted by Crippen LogP contribution is -2.45. The number of carbonyl (C=O) groups is 3. The maximum Gasteiger partial charge on any atom is 0.416 e. The van der Waals surface area contributed by atoms with Crippen molar-refractivity contribution in [1.82, 2.24) is 9.80 Å². The average molecular weight is 400 g/mol. The van der Waals surface area contributed by atoms with Gasteiger partial charge >= 0.3 is 12.2 Å². The van der Waals surface area contributed by atoms with Crippen LogP contribution in [0.3, 0.4) is 0 Å². The molecule has 154 valence electrons. The summed E-state index contributed by atoms with van der Waals surface area (Å²) in [5.74, 6) is -1.35. The summed E-state index contributed by atoms with van der Waals surface area (Å²) in [7, 11) is 3.27. The van der Waals surface area contributed by atoms with Crippen LogP contribution in [0.25, 0.3) is 0 Å². The van der Waals surface area contributed by atoms with E-state index in [1.54, 1.807) is 19.0 Å². The van der Waals surface area contributed by atoms with E-state index in [1.165, 1.54) is 11.8 Å². The monoisotopic (exact) mass is 400 g/mol. The maximum atomic E-state index is 13.0. The van der Waals surface area contributed by atoms with Gasteiger partial charge in [0.1, 0.15) is 0 Å². The van der Waals surface area contributed by atoms with Crippen molar-refractivity contribution in [3.63, 3.8) is 0 Å². The van der Waals surface area contributed by atoms with Crippen LogP contribution in [0, 0.1) is 5.92 Å². The van der Waals surface area contributed by atoms with Crippen molar-refractivity contribution in [3.8, 4) is 0 Å². The number of likely N-dealkylation sites (tertiary alicyclic amines) is 1. The average Bonchev–Trinajstić information content (AvgIpc) is 2.61. The third kappa shape index (κ3) is 5.37. The van der Waals surface area contributed by atoms with E-state index in [4.69, 9.17) is 0 Å². The number of nitrogens with zero attached hydrogens (tertiary/aromatic N) is 2. The highest BCUT2D eigenvalue weighted by molar-refractivity contribution is 5.99. The molecule has 0 atom stereocenters. The van der Waals surface area contributed by atoms with Gasteiger partial charge in [-0.1, -0.05) is 0 Å². The summed E-state index contributed by atoms with van der Waals surface area (Å²) in [5.41, 5.74) is -0.945. The molecule has 1 aromatic rings. The number of hydrogen-bond donors (Lipinski definition) is 2. The zero-order chi connectivity index (χ0) is 21.1. The van der Waals surface area contributed by atoms with Crippen molar-refractivity contribution in [1.29, 1.82) is 0 Å². The molecule has 4 amide bonds. The summed E-state index contributed by atoms with van der Waals surface area (Å²) in [4.78, 5) is 38.9. The normalized spacial score (nSPS) is 15.1. The summed E-state index contributed by atoms with van der Waals surface area (Å²) in [5, 5.41) is 4.91. The van der Waals surface area contributed by atoms with Gasteiger partial charge in [-0.25, -0.2) is 4.79 Å². The Bertz CT molecular complexity index is 757. The largest absolute Gasteiger partial charge is 0.416 e. The Labute approximate surface area is 160 Å². The summed E-state index contributed by atoms with van der Waals surface area (Å²) >= 11 is 0. The quantitative estimate of drug-likeness (QED) is 0.819. The van der Waals surface area contributed by atoms with Gasteiger partial charge in [-0.15, -0.1) is 0 Å². The number of urea groups is 1. The fourth-order valence-corrected chi connectivity index (χ4v) is 2.97. The van der Waals surface area contributed by atoms with Crippen LogP contribution in [-0.4, -0.2) is 54.8 Å². The van der Waals surface area contributed by atoms with Gasteiger partial charge in [0.25, 0.3) is 0 Å². The molecule has 1 aliphatic heterocycles. The molecule has 0 unspecified atom stereocenters. The fourth-order valence-electron chi connectivity index (χ4n) is 2.97. The number of carbonyl (C=O) groups excluding carboxylic acids is 3. The van der Waals surface area contributed by atoms with E-state index in [2.05, 4.69) is 10.6 Å². The van der Waals surface area contributed by atoms with Crippen LogP contribution in [-0.2, 0) is 15.8 Å². The number of rotatable bonds is 3. The van der Waals surface area contributed by atoms with Gasteiger partial charge in [0.2, 0.25) is 11.8 Å². The molecule has 1 aliphatic rings. The second-order valence-corrected chi connectivity index (χ2v) is 6.87. The molecule has 2 N–H and O–H groups in total. The van der Waals surface area contributed by atoms with E-state index in [0.717, 1.165) is 18.2 Å². The minimum absolute atomic E-state index is 0.0917. The van der Waals surface area contributed by atoms with Crippen LogP contribution in [0.2, 0.25) is 0 Å². The number of benzene rings is 1. The first-order valence-corrected chi connectivity index (χ1v) is 8.75. The molecule has 1 aromatic carbocycles. The fraction of sp³-hybridized carbons (Fsp3) is 0.500. The Morgan fingerprint density at radius 1 is 1.07 bits per heavy atom. The third-order valence-corrected chi connectivity index (χ3v) is 4.43. The van der Waals surface area contributed by atoms with Crippen LogP contribution in [0.1, 0.15) is 25.3 Å². The number of hydrogen-bond acceptors (Lipinski definition) is 3. The molecule has 2 rings (SSSR count). The predicted molar refractivity (Wildman–Crippen MR) is 97.8 cm³/mol. The van der Waals surface area contributed by atoms with Crippen molar-refractivity contribution in [3.05, 3.63) is 23.8 Å². The first kappa shape index (κ1) is 21.5. The Balaban J connectivity index is 2.12. The molecular formula is C18H23F3N4O3. The van der Waals surface area contributed by atoms with Gasteiger partial charge in [-0.2, -0.15) is 13.2 Å². The molecule has 1 heterocycles. The second-order valence-electron chi connectivity index (χ2n) is 6.87. The predicted octanol–water partition coefficient (Wildman–Crippen LogP) is 3.00. The lowest BCUT2D eigenvalue weighted by atomic mass is 9.96. The molecule has 0 radical (unpaired) electrons. The minimum Gasteiger partial charge on any atom is -0.331 e. The summed E-state index contributed by atoms with van der Waals surface area (Å²) in [6, 6.07) is 2.60. The number of nitrogens with one attached hydrogen (secondary N) is 2. The van der Waals surface area contributed by atoms with E-state index in [9.17, 15) is 27.6 Å². The molecule has 0 spiro atoms. The van der Waals surface area contributed by atoms with Gasteiger partial charge in [0, 0.05) is 40.0 Å². The number of anilines is 2. The van der Waals surface area contributed by atoms with Crippen LogP contribution in [0.4, 0.5) is 29.3 Å². The molecule has 0 aliphatic carbocycles. The van der Waals surface area contributed by atoms with Gasteiger partial charge in [0.15, 0.2) is 0 Å². The van der Waals surface area contributed by atoms with E-state index in [-0.39, 0.29) is 17.4 Å². The van der Waals surface area contributed by atoms with Crippen molar-refractivity contribution in [2.45, 2.75) is 25.9 Å². The molecule has 0 aromatic heterocycles. The molecule has 1 fully saturated rings. The van der Waals surface area contributed by atoms with E-state index in [1.807, 2.05) is 0 Å². The van der Waals surface area contributed by atoms with Crippen molar-refractivity contribution in [2.75, 3.05) is 37.8 Å². The van der Waals surface area contributed by atoms with Crippen LogP contribution in [0.5, 0.6) is 0 Å². The standard InChI is InChI=1S/C18H23F3N4O3/c1-11(26)22-14-5-4-13(18(19,20)21)10-15(14)23-16(27)12-6-8-25(9-7-12)17(28)24(2)3/h4-5,10,12H,6-9H2,1-3H3,(H,22,26)(H,23,27). The molecule has 10 heteroatoms. The SMILES string of the molecule is CC(=O)Nc1ccc(C(F)(F)F)cc1NC(=O)C1CCN(C(=O)N(C)C)CC1. The lowest BCUT2D eigenvalue weighted by molar-refractivity contribution is -0.137. The van der Waals surface area contributed by atoms with Gasteiger partial charge < -0.3 is 20.4 Å². The second kappa shape index (κ2) is 8.49. The highest BCUT2D eigenvalue weighted by atomic mass is 19.4. The van der Waals surface area contributed by atoms with Crippen molar-refractivity contribution < 1.29 is 27.6 Å². The Morgan fingerprint density at radius 3 is 2.18 bits per heavy atom. The van der Waals surface area contributed by atoms with Gasteiger partial charge in [-0.05, 0) is 31.0 Å². The summed E-state index contributed by atoms with van der Waals surface area (Å²) in [6.07, 6.45) is -3.77. The number of piperidine rings is 1. The number of alkyl halides is 3. The molecule has 28 heavy (non-hydrogen) atoms. The smallest absolute Gasteiger partial charge is 0.331 e. The van der Waals surface area contributed by atoms with Crippen LogP contribution < -0.4 is 10.6 Å². The topological polar surface area (TPSA) is 81.8 Å². The Kier molecular flexibility index (Phi) is 6.52. The highest BCUT2D eigenvalue weighted by Gasteiger charge is 2.32. The van der Waals surface area contributed by atoms with E-state index in [0.29, 0.717) is 25.9 Å². The molecule has 0 bridgehead atoms. The van der Waals surface area contributed by atoms with Crippen LogP contribution >= 0.6 is 0 Å². The summed E-state index contributed by atoms with van der Waals surface area (Å²) in [6.45, 7) is 1.99. The highest BCUT2D eigenvalue weighted by Crippen LogP contribution is 2.34. The number of halogens is 3. The van der Waals surface area contributed by atoms with Gasteiger partial charge in [0.05, 0.1) is 16.9 Å². The van der Waals surface area contributed by atoms with E-state index < -0.39 is 29.5 Å². The third-order valence-electron chi connectivity index (χ3n) is 4.43.